The van der Waals surface area contributed by atoms with Gasteiger partial charge in [-0.2, -0.15) is 0 Å². The first kappa shape index (κ1) is 19.9. The summed E-state index contributed by atoms with van der Waals surface area (Å²) in [6.07, 6.45) is 4.44. The fourth-order valence-electron chi connectivity index (χ4n) is 4.39. The molecule has 3 rings (SSSR count). The molecule has 0 bridgehead atoms. The molecule has 2 heterocycles. The Morgan fingerprint density at radius 1 is 1.23 bits per heavy atom. The third-order valence-corrected chi connectivity index (χ3v) is 7.08. The Hall–Kier alpha value is -0.870. The van der Waals surface area contributed by atoms with Gasteiger partial charge in [-0.25, -0.2) is 0 Å². The zero-order valence-electron chi connectivity index (χ0n) is 16.1. The van der Waals surface area contributed by atoms with E-state index in [1.807, 2.05) is 23.5 Å². The van der Waals surface area contributed by atoms with E-state index in [0.717, 1.165) is 37.4 Å². The van der Waals surface area contributed by atoms with Crippen molar-refractivity contribution >= 4 is 22.9 Å². The Labute approximate surface area is 166 Å². The largest absolute Gasteiger partial charge is 0.376 e. The summed E-state index contributed by atoms with van der Waals surface area (Å²) >= 11 is 8.34. The van der Waals surface area contributed by atoms with Crippen LogP contribution < -0.4 is 5.32 Å². The zero-order valence-corrected chi connectivity index (χ0v) is 17.7. The van der Waals surface area contributed by atoms with Crippen LogP contribution in [-0.2, 0) is 11.2 Å². The second kappa shape index (κ2) is 8.43. The van der Waals surface area contributed by atoms with Gasteiger partial charge in [-0.05, 0) is 68.5 Å². The highest BCUT2D eigenvalue weighted by Gasteiger charge is 2.41. The van der Waals surface area contributed by atoms with E-state index < -0.39 is 0 Å². The topological polar surface area (TPSA) is 25.8 Å². The fourth-order valence-corrected chi connectivity index (χ4v) is 5.38. The van der Waals surface area contributed by atoms with Gasteiger partial charge < -0.3 is 10.1 Å². The van der Waals surface area contributed by atoms with Crippen molar-refractivity contribution in [3.63, 3.8) is 0 Å². The van der Waals surface area contributed by atoms with Crippen molar-refractivity contribution in [2.45, 2.75) is 58.1 Å². The molecule has 1 aliphatic rings. The van der Waals surface area contributed by atoms with E-state index in [1.54, 1.807) is 0 Å². The average molecular weight is 393 g/mol. The molecule has 2 nitrogen and oxygen atoms in total. The van der Waals surface area contributed by atoms with E-state index >= 15 is 0 Å². The molecule has 0 spiro atoms. The summed E-state index contributed by atoms with van der Waals surface area (Å²) in [6.45, 7) is 8.75. The van der Waals surface area contributed by atoms with Crippen LogP contribution in [0.4, 0.5) is 0 Å². The number of halogens is 1. The van der Waals surface area contributed by atoms with Crippen LogP contribution in [0, 0.1) is 5.41 Å². The Morgan fingerprint density at radius 3 is 2.73 bits per heavy atom. The lowest BCUT2D eigenvalue weighted by atomic mass is 9.68. The molecule has 1 aromatic carbocycles. The van der Waals surface area contributed by atoms with Crippen molar-refractivity contribution < 1.29 is 10.1 Å². The maximum absolute atomic E-state index is 6.49. The number of ether oxygens (including phenoxy) is 1. The molecule has 0 radical (unpaired) electrons. The maximum atomic E-state index is 6.49. The SMILES string of the molecule is C[C@@H]([NH2+]CC[C@]1(Cc2ccccc2Cl)CCOC(C)(C)C1)c1cccs1. The Bertz CT molecular complexity index is 700. The standard InChI is InChI=1S/C22H30ClNOS/c1-17(20-9-6-14-26-20)24-12-10-22(11-13-25-21(2,3)16-22)15-18-7-4-5-8-19(18)23/h4-9,14,17,24H,10-13,15-16H2,1-3H3/p+1/t17-,22-/m1/s1. The van der Waals surface area contributed by atoms with E-state index in [-0.39, 0.29) is 11.0 Å². The number of benzene rings is 1. The highest BCUT2D eigenvalue weighted by atomic mass is 35.5. The molecule has 142 valence electrons. The molecule has 2 N–H and O–H groups in total. The Kier molecular flexibility index (Phi) is 6.45. The van der Waals surface area contributed by atoms with Crippen LogP contribution in [0.2, 0.25) is 5.02 Å². The predicted molar refractivity (Wildman–Crippen MR) is 111 cm³/mol. The third-order valence-electron chi connectivity index (χ3n) is 5.64. The van der Waals surface area contributed by atoms with Crippen LogP contribution >= 0.6 is 22.9 Å². The molecule has 1 aromatic heterocycles. The highest BCUT2D eigenvalue weighted by Crippen LogP contribution is 2.44. The van der Waals surface area contributed by atoms with E-state index in [4.69, 9.17) is 16.3 Å². The first-order chi connectivity index (χ1) is 12.4. The lowest BCUT2D eigenvalue weighted by Gasteiger charge is -2.45. The maximum Gasteiger partial charge on any atom is 0.118 e. The van der Waals surface area contributed by atoms with Gasteiger partial charge in [0, 0.05) is 18.1 Å². The lowest BCUT2D eigenvalue weighted by Crippen LogP contribution is -2.85. The van der Waals surface area contributed by atoms with Gasteiger partial charge in [0.15, 0.2) is 0 Å². The predicted octanol–water partition coefficient (Wildman–Crippen LogP) is 5.23. The molecular formula is C22H31ClNOS+. The summed E-state index contributed by atoms with van der Waals surface area (Å²) in [6, 6.07) is 13.2. The van der Waals surface area contributed by atoms with Gasteiger partial charge in [-0.15, -0.1) is 11.3 Å². The smallest absolute Gasteiger partial charge is 0.118 e. The van der Waals surface area contributed by atoms with Crippen molar-refractivity contribution in [2.75, 3.05) is 13.2 Å². The Morgan fingerprint density at radius 2 is 2.04 bits per heavy atom. The van der Waals surface area contributed by atoms with Crippen molar-refractivity contribution in [1.82, 2.24) is 0 Å². The van der Waals surface area contributed by atoms with Crippen molar-refractivity contribution in [3.05, 3.63) is 57.2 Å². The summed E-state index contributed by atoms with van der Waals surface area (Å²) in [5, 5.41) is 5.55. The first-order valence-corrected chi connectivity index (χ1v) is 10.9. The van der Waals surface area contributed by atoms with Crippen LogP contribution in [0.5, 0.6) is 0 Å². The van der Waals surface area contributed by atoms with Gasteiger partial charge in [0.05, 0.1) is 17.0 Å². The molecule has 2 aromatic rings. The van der Waals surface area contributed by atoms with Gasteiger partial charge in [0.25, 0.3) is 0 Å². The zero-order chi connectivity index (χ0) is 18.6. The molecule has 1 saturated heterocycles. The van der Waals surface area contributed by atoms with Gasteiger partial charge in [-0.1, -0.05) is 35.9 Å². The lowest BCUT2D eigenvalue weighted by molar-refractivity contribution is -0.693. The summed E-state index contributed by atoms with van der Waals surface area (Å²) < 4.78 is 6.03. The number of rotatable bonds is 7. The molecule has 26 heavy (non-hydrogen) atoms. The quantitative estimate of drug-likeness (QED) is 0.685. The van der Waals surface area contributed by atoms with E-state index in [1.165, 1.54) is 16.9 Å². The van der Waals surface area contributed by atoms with Crippen LogP contribution in [-0.4, -0.2) is 18.8 Å². The van der Waals surface area contributed by atoms with Gasteiger partial charge in [0.2, 0.25) is 0 Å². The molecule has 2 atom stereocenters. The van der Waals surface area contributed by atoms with Gasteiger partial charge >= 0.3 is 0 Å². The fraction of sp³-hybridized carbons (Fsp3) is 0.545. The van der Waals surface area contributed by atoms with E-state index in [2.05, 4.69) is 55.7 Å². The summed E-state index contributed by atoms with van der Waals surface area (Å²) in [5.74, 6) is 0. The van der Waals surface area contributed by atoms with Crippen molar-refractivity contribution in [2.24, 2.45) is 5.41 Å². The number of thiophene rings is 1. The minimum Gasteiger partial charge on any atom is -0.376 e. The third kappa shape index (κ3) is 5.10. The number of hydrogen-bond donors (Lipinski definition) is 1. The second-order valence-corrected chi connectivity index (χ2v) is 9.77. The molecule has 0 aliphatic carbocycles. The molecule has 0 amide bonds. The van der Waals surface area contributed by atoms with E-state index in [9.17, 15) is 0 Å². The minimum atomic E-state index is -0.0567. The van der Waals surface area contributed by atoms with Crippen LogP contribution in [0.3, 0.4) is 0 Å². The van der Waals surface area contributed by atoms with Crippen LogP contribution in [0.1, 0.15) is 56.5 Å². The summed E-state index contributed by atoms with van der Waals surface area (Å²) in [7, 11) is 0. The molecule has 1 aliphatic heterocycles. The van der Waals surface area contributed by atoms with E-state index in [0.29, 0.717) is 6.04 Å². The van der Waals surface area contributed by atoms with Crippen molar-refractivity contribution in [3.8, 4) is 0 Å². The van der Waals surface area contributed by atoms with Gasteiger partial charge in [0.1, 0.15) is 6.04 Å². The normalized spacial score (nSPS) is 23.7. The minimum absolute atomic E-state index is 0.0567. The number of quaternary nitrogens is 1. The summed E-state index contributed by atoms with van der Waals surface area (Å²) in [4.78, 5) is 1.46. The van der Waals surface area contributed by atoms with Gasteiger partial charge in [-0.3, -0.25) is 0 Å². The summed E-state index contributed by atoms with van der Waals surface area (Å²) in [5.41, 5.74) is 1.48. The van der Waals surface area contributed by atoms with Crippen LogP contribution in [0.15, 0.2) is 41.8 Å². The molecule has 1 fully saturated rings. The highest BCUT2D eigenvalue weighted by molar-refractivity contribution is 7.10. The average Bonchev–Trinajstić information content (AvgIpc) is 3.11. The first-order valence-electron chi connectivity index (χ1n) is 9.63. The molecule has 0 unspecified atom stereocenters. The Balaban J connectivity index is 1.70. The molecular weight excluding hydrogens is 362 g/mol. The monoisotopic (exact) mass is 392 g/mol. The molecule has 0 saturated carbocycles. The second-order valence-electron chi connectivity index (χ2n) is 8.38. The van der Waals surface area contributed by atoms with Crippen LogP contribution in [0.25, 0.3) is 0 Å². The van der Waals surface area contributed by atoms with Crippen molar-refractivity contribution in [1.29, 1.82) is 0 Å². The number of nitrogens with two attached hydrogens (primary N) is 1. The molecule has 4 heteroatoms. The number of hydrogen-bond acceptors (Lipinski definition) is 2.